The van der Waals surface area contributed by atoms with Crippen molar-refractivity contribution in [3.05, 3.63) is 29.8 Å². The first-order valence-electron chi connectivity index (χ1n) is 8.71. The molecule has 0 aliphatic carbocycles. The molecule has 2 fully saturated rings. The molecule has 2 saturated heterocycles. The molecule has 1 aromatic rings. The third kappa shape index (κ3) is 3.90. The molecular weight excluding hydrogens is 306 g/mol. The highest BCUT2D eigenvalue weighted by atomic mass is 16.5. The first kappa shape index (κ1) is 17.2. The second-order valence-corrected chi connectivity index (χ2v) is 6.98. The lowest BCUT2D eigenvalue weighted by Gasteiger charge is -2.53. The number of nitrogens with zero attached hydrogens (tertiary/aromatic N) is 1. The van der Waals surface area contributed by atoms with E-state index in [0.29, 0.717) is 19.0 Å². The van der Waals surface area contributed by atoms with Crippen molar-refractivity contribution in [2.45, 2.75) is 31.8 Å². The first-order chi connectivity index (χ1) is 11.6. The molecule has 5 nitrogen and oxygen atoms in total. The summed E-state index contributed by atoms with van der Waals surface area (Å²) < 4.78 is 16.8. The van der Waals surface area contributed by atoms with Crippen molar-refractivity contribution in [1.29, 1.82) is 0 Å². The fraction of sp³-hybridized carbons (Fsp3) is 0.632. The van der Waals surface area contributed by atoms with Crippen LogP contribution >= 0.6 is 0 Å². The van der Waals surface area contributed by atoms with E-state index in [2.05, 4.69) is 0 Å². The molecule has 5 heteroatoms. The quantitative estimate of drug-likeness (QED) is 0.802. The number of methoxy groups -OCH3 is 1. The van der Waals surface area contributed by atoms with Gasteiger partial charge in [-0.2, -0.15) is 0 Å². The third-order valence-corrected chi connectivity index (χ3v) is 5.08. The van der Waals surface area contributed by atoms with Gasteiger partial charge in [-0.25, -0.2) is 0 Å². The number of amides is 1. The van der Waals surface area contributed by atoms with E-state index < -0.39 is 0 Å². The predicted molar refractivity (Wildman–Crippen MR) is 91.2 cm³/mol. The van der Waals surface area contributed by atoms with E-state index in [1.165, 1.54) is 0 Å². The Balaban J connectivity index is 1.45. The van der Waals surface area contributed by atoms with Crippen molar-refractivity contribution in [1.82, 2.24) is 4.90 Å². The van der Waals surface area contributed by atoms with Crippen molar-refractivity contribution in [2.75, 3.05) is 40.0 Å². The smallest absolute Gasteiger partial charge is 0.260 e. The van der Waals surface area contributed by atoms with Gasteiger partial charge in [0.1, 0.15) is 11.4 Å². The van der Waals surface area contributed by atoms with Gasteiger partial charge in [-0.1, -0.05) is 18.2 Å². The van der Waals surface area contributed by atoms with E-state index in [0.717, 1.165) is 43.8 Å². The third-order valence-electron chi connectivity index (χ3n) is 5.08. The number of carbonyl (C=O) groups is 1. The van der Waals surface area contributed by atoms with Gasteiger partial charge in [0.05, 0.1) is 13.1 Å². The van der Waals surface area contributed by atoms with Crippen LogP contribution < -0.4 is 4.74 Å². The van der Waals surface area contributed by atoms with Gasteiger partial charge < -0.3 is 19.1 Å². The normalized spacial score (nSPS) is 22.2. The summed E-state index contributed by atoms with van der Waals surface area (Å²) in [5, 5.41) is 0. The number of rotatable bonds is 6. The van der Waals surface area contributed by atoms with Gasteiger partial charge in [-0.3, -0.25) is 4.79 Å². The van der Waals surface area contributed by atoms with Gasteiger partial charge in [-0.15, -0.1) is 0 Å². The van der Waals surface area contributed by atoms with Crippen LogP contribution in [-0.4, -0.2) is 56.4 Å². The standard InChI is InChI=1S/C19H27NO4/c1-15-5-3-4-6-17(15)23-12-18(21)20-13-19(14-20)11-16(7-9-22-2)8-10-24-19/h3-6,16H,7-14H2,1-2H3/t16-/m1/s1. The monoisotopic (exact) mass is 333 g/mol. The van der Waals surface area contributed by atoms with Crippen LogP contribution in [-0.2, 0) is 14.3 Å². The second-order valence-electron chi connectivity index (χ2n) is 6.98. The van der Waals surface area contributed by atoms with Gasteiger partial charge in [0.15, 0.2) is 6.61 Å². The molecule has 0 N–H and O–H groups in total. The Hall–Kier alpha value is -1.59. The Kier molecular flexibility index (Phi) is 5.41. The zero-order valence-electron chi connectivity index (χ0n) is 14.6. The van der Waals surface area contributed by atoms with Crippen molar-refractivity contribution >= 4 is 5.91 Å². The number of para-hydroxylation sites is 1. The number of hydrogen-bond donors (Lipinski definition) is 0. The Morgan fingerprint density at radius 1 is 1.38 bits per heavy atom. The van der Waals surface area contributed by atoms with Crippen molar-refractivity contribution < 1.29 is 19.0 Å². The van der Waals surface area contributed by atoms with E-state index in [1.807, 2.05) is 36.1 Å². The molecule has 2 aliphatic heterocycles. The molecule has 1 aromatic carbocycles. The summed E-state index contributed by atoms with van der Waals surface area (Å²) in [4.78, 5) is 14.2. The molecule has 3 rings (SSSR count). The summed E-state index contributed by atoms with van der Waals surface area (Å²) in [6.07, 6.45) is 3.19. The highest BCUT2D eigenvalue weighted by Crippen LogP contribution is 2.38. The molecule has 0 bridgehead atoms. The predicted octanol–water partition coefficient (Wildman–Crippen LogP) is 2.42. The minimum atomic E-state index is -0.130. The van der Waals surface area contributed by atoms with E-state index in [4.69, 9.17) is 14.2 Å². The van der Waals surface area contributed by atoms with Gasteiger partial charge in [0, 0.05) is 20.3 Å². The summed E-state index contributed by atoms with van der Waals surface area (Å²) in [6, 6.07) is 7.75. The van der Waals surface area contributed by atoms with E-state index in [9.17, 15) is 4.79 Å². The van der Waals surface area contributed by atoms with Gasteiger partial charge >= 0.3 is 0 Å². The maximum Gasteiger partial charge on any atom is 0.260 e. The number of aryl methyl sites for hydroxylation is 1. The Bertz CT molecular complexity index is 568. The van der Waals surface area contributed by atoms with Crippen molar-refractivity contribution in [3.8, 4) is 5.75 Å². The van der Waals surface area contributed by atoms with Gasteiger partial charge in [0.25, 0.3) is 5.91 Å². The average Bonchev–Trinajstić information content (AvgIpc) is 2.57. The van der Waals surface area contributed by atoms with E-state index in [1.54, 1.807) is 7.11 Å². The SMILES string of the molecule is COCC[C@@H]1CCOC2(C1)CN(C(=O)COc1ccccc1C)C2. The Morgan fingerprint density at radius 3 is 2.92 bits per heavy atom. The topological polar surface area (TPSA) is 48.0 Å². The number of benzene rings is 1. The molecule has 0 aromatic heterocycles. The van der Waals surface area contributed by atoms with E-state index in [-0.39, 0.29) is 18.1 Å². The second kappa shape index (κ2) is 7.53. The lowest BCUT2D eigenvalue weighted by molar-refractivity contribution is -0.190. The maximum absolute atomic E-state index is 12.3. The Labute approximate surface area is 143 Å². The van der Waals surface area contributed by atoms with Crippen LogP contribution in [0.15, 0.2) is 24.3 Å². The maximum atomic E-state index is 12.3. The highest BCUT2D eigenvalue weighted by Gasteiger charge is 2.49. The molecule has 1 amide bonds. The van der Waals surface area contributed by atoms with Gasteiger partial charge in [0.2, 0.25) is 0 Å². The summed E-state index contributed by atoms with van der Waals surface area (Å²) in [6.45, 7) is 5.03. The minimum Gasteiger partial charge on any atom is -0.484 e. The average molecular weight is 333 g/mol. The molecule has 0 radical (unpaired) electrons. The zero-order valence-corrected chi connectivity index (χ0v) is 14.6. The van der Waals surface area contributed by atoms with Crippen LogP contribution in [0.4, 0.5) is 0 Å². The number of hydrogen-bond acceptors (Lipinski definition) is 4. The lowest BCUT2D eigenvalue weighted by atomic mass is 9.79. The summed E-state index contributed by atoms with van der Waals surface area (Å²) >= 11 is 0. The minimum absolute atomic E-state index is 0.0338. The van der Waals surface area contributed by atoms with Gasteiger partial charge in [-0.05, 0) is 43.7 Å². The molecule has 2 heterocycles. The van der Waals surface area contributed by atoms with Crippen molar-refractivity contribution in [3.63, 3.8) is 0 Å². The highest BCUT2D eigenvalue weighted by molar-refractivity contribution is 5.79. The summed E-state index contributed by atoms with van der Waals surface area (Å²) in [7, 11) is 1.74. The summed E-state index contributed by atoms with van der Waals surface area (Å²) in [5.41, 5.74) is 0.914. The molecular formula is C19H27NO4. The van der Waals surface area contributed by atoms with Crippen LogP contribution in [0.3, 0.4) is 0 Å². The molecule has 24 heavy (non-hydrogen) atoms. The van der Waals surface area contributed by atoms with Crippen molar-refractivity contribution in [2.24, 2.45) is 5.92 Å². The first-order valence-corrected chi connectivity index (χ1v) is 8.71. The fourth-order valence-electron chi connectivity index (χ4n) is 3.66. The van der Waals surface area contributed by atoms with Crippen LogP contribution in [0.5, 0.6) is 5.75 Å². The van der Waals surface area contributed by atoms with Crippen LogP contribution in [0, 0.1) is 12.8 Å². The molecule has 1 spiro atoms. The largest absolute Gasteiger partial charge is 0.484 e. The number of carbonyl (C=O) groups excluding carboxylic acids is 1. The Morgan fingerprint density at radius 2 is 2.17 bits per heavy atom. The number of ether oxygens (including phenoxy) is 3. The van der Waals surface area contributed by atoms with Crippen LogP contribution in [0.25, 0.3) is 0 Å². The molecule has 2 aliphatic rings. The number of likely N-dealkylation sites (tertiary alicyclic amines) is 1. The van der Waals surface area contributed by atoms with Crippen LogP contribution in [0.2, 0.25) is 0 Å². The molecule has 132 valence electrons. The molecule has 0 saturated carbocycles. The summed E-state index contributed by atoms with van der Waals surface area (Å²) in [5.74, 6) is 1.44. The zero-order chi connectivity index (χ0) is 17.0. The molecule has 0 unspecified atom stereocenters. The van der Waals surface area contributed by atoms with E-state index >= 15 is 0 Å². The fourth-order valence-corrected chi connectivity index (χ4v) is 3.66. The van der Waals surface area contributed by atoms with Crippen LogP contribution in [0.1, 0.15) is 24.8 Å². The lowest BCUT2D eigenvalue weighted by Crippen LogP contribution is -2.67. The molecule has 1 atom stereocenters.